The number of halogens is 4. The van der Waals surface area contributed by atoms with Crippen molar-refractivity contribution in [3.63, 3.8) is 0 Å². The van der Waals surface area contributed by atoms with Gasteiger partial charge in [0.1, 0.15) is 12.0 Å². The lowest BCUT2D eigenvalue weighted by Gasteiger charge is -2.14. The number of benzene rings is 2. The molecule has 1 aromatic heterocycles. The summed E-state index contributed by atoms with van der Waals surface area (Å²) < 4.78 is 37.9. The van der Waals surface area contributed by atoms with Crippen molar-refractivity contribution in [1.29, 1.82) is 0 Å². The molecular formula is C18H14ClF3N6O. The molecule has 0 unspecified atom stereocenters. The van der Waals surface area contributed by atoms with Gasteiger partial charge in [0.15, 0.2) is 11.6 Å². The number of carbonyl (C=O) groups is 1. The molecule has 11 heteroatoms. The average Bonchev–Trinajstić information content (AvgIpc) is 2.68. The summed E-state index contributed by atoms with van der Waals surface area (Å²) in [4.78, 5) is 20.1. The number of nitrogens with one attached hydrogen (secondary N) is 3. The van der Waals surface area contributed by atoms with Crippen LogP contribution in [0.1, 0.15) is 15.9 Å². The van der Waals surface area contributed by atoms with E-state index in [-0.39, 0.29) is 27.9 Å². The summed E-state index contributed by atoms with van der Waals surface area (Å²) in [5.41, 5.74) is 10.8. The highest BCUT2D eigenvalue weighted by Gasteiger charge is 2.30. The number of anilines is 4. The Kier molecular flexibility index (Phi) is 5.74. The number of hydrogen-bond acceptors (Lipinski definition) is 6. The van der Waals surface area contributed by atoms with Gasteiger partial charge in [-0.05, 0) is 36.4 Å². The number of nitrogens with two attached hydrogens (primary N) is 1. The number of hydrazine groups is 1. The molecule has 2 aromatic carbocycles. The van der Waals surface area contributed by atoms with Gasteiger partial charge in [-0.2, -0.15) is 13.2 Å². The number of carbonyl (C=O) groups excluding carboxylic acids is 1. The van der Waals surface area contributed by atoms with Gasteiger partial charge in [0, 0.05) is 5.69 Å². The van der Waals surface area contributed by atoms with Crippen LogP contribution in [-0.2, 0) is 6.18 Å². The number of amides is 1. The van der Waals surface area contributed by atoms with Crippen molar-refractivity contribution < 1.29 is 18.0 Å². The van der Waals surface area contributed by atoms with E-state index in [1.807, 2.05) is 0 Å². The molecule has 0 spiro atoms. The molecule has 0 bridgehead atoms. The zero-order valence-corrected chi connectivity index (χ0v) is 15.3. The van der Waals surface area contributed by atoms with Crippen LogP contribution >= 0.6 is 11.6 Å². The largest absolute Gasteiger partial charge is 0.416 e. The summed E-state index contributed by atoms with van der Waals surface area (Å²) in [7, 11) is 0. The topological polar surface area (TPSA) is 105 Å². The molecule has 0 aliphatic rings. The standard InChI is InChI=1S/C18H14ClF3N6O/c19-13-4-2-1-3-12(13)17(29)28-27-16-14(23)15(24-9-25-16)26-11-7-5-10(6-8-11)18(20,21)22/h1-9H,23H2,(H,28,29)(H2,24,25,26,27). The molecule has 0 radical (unpaired) electrons. The fourth-order valence-electron chi connectivity index (χ4n) is 2.30. The SMILES string of the molecule is Nc1c(NNC(=O)c2ccccc2Cl)ncnc1Nc1ccc(C(F)(F)F)cc1. The number of alkyl halides is 3. The van der Waals surface area contributed by atoms with Gasteiger partial charge in [-0.3, -0.25) is 15.6 Å². The zero-order chi connectivity index (χ0) is 21.0. The Morgan fingerprint density at radius 3 is 2.31 bits per heavy atom. The van der Waals surface area contributed by atoms with E-state index in [1.54, 1.807) is 24.3 Å². The minimum Gasteiger partial charge on any atom is -0.393 e. The molecule has 5 N–H and O–H groups in total. The lowest BCUT2D eigenvalue weighted by molar-refractivity contribution is -0.137. The average molecular weight is 423 g/mol. The number of aromatic nitrogens is 2. The summed E-state index contributed by atoms with van der Waals surface area (Å²) in [6, 6.07) is 10.8. The minimum absolute atomic E-state index is 0.0480. The van der Waals surface area contributed by atoms with E-state index in [1.165, 1.54) is 18.5 Å². The lowest BCUT2D eigenvalue weighted by atomic mass is 10.2. The number of nitrogens with zero attached hydrogens (tertiary/aromatic N) is 2. The van der Waals surface area contributed by atoms with Gasteiger partial charge in [0.05, 0.1) is 16.1 Å². The van der Waals surface area contributed by atoms with Crippen LogP contribution in [-0.4, -0.2) is 15.9 Å². The molecule has 29 heavy (non-hydrogen) atoms. The molecule has 1 heterocycles. The van der Waals surface area contributed by atoms with Crippen molar-refractivity contribution >= 4 is 40.5 Å². The van der Waals surface area contributed by atoms with Crippen molar-refractivity contribution in [1.82, 2.24) is 15.4 Å². The molecule has 3 rings (SSSR count). The first-order valence-electron chi connectivity index (χ1n) is 8.11. The summed E-state index contributed by atoms with van der Waals surface area (Å²) >= 11 is 5.97. The summed E-state index contributed by atoms with van der Waals surface area (Å²) in [5, 5.41) is 3.07. The van der Waals surface area contributed by atoms with Crippen LogP contribution in [0.15, 0.2) is 54.9 Å². The van der Waals surface area contributed by atoms with E-state index < -0.39 is 17.6 Å². The molecular weight excluding hydrogens is 409 g/mol. The summed E-state index contributed by atoms with van der Waals surface area (Å²) in [6.07, 6.45) is -3.25. The van der Waals surface area contributed by atoms with Crippen molar-refractivity contribution in [3.8, 4) is 0 Å². The quantitative estimate of drug-likeness (QED) is 0.459. The van der Waals surface area contributed by atoms with E-state index in [0.717, 1.165) is 12.1 Å². The second-order valence-corrected chi connectivity index (χ2v) is 6.15. The Labute approximate surface area is 168 Å². The van der Waals surface area contributed by atoms with E-state index in [2.05, 4.69) is 26.1 Å². The van der Waals surface area contributed by atoms with Gasteiger partial charge >= 0.3 is 6.18 Å². The van der Waals surface area contributed by atoms with Crippen LogP contribution in [0.5, 0.6) is 0 Å². The molecule has 0 aliphatic heterocycles. The second-order valence-electron chi connectivity index (χ2n) is 5.74. The maximum Gasteiger partial charge on any atom is 0.416 e. The first kappa shape index (κ1) is 20.2. The molecule has 3 aromatic rings. The van der Waals surface area contributed by atoms with Gasteiger partial charge in [0.25, 0.3) is 5.91 Å². The van der Waals surface area contributed by atoms with Gasteiger partial charge in [0.2, 0.25) is 0 Å². The summed E-state index contributed by atoms with van der Waals surface area (Å²) in [5.74, 6) is -0.269. The Bertz CT molecular complexity index is 1030. The normalized spacial score (nSPS) is 11.0. The Morgan fingerprint density at radius 1 is 1.00 bits per heavy atom. The third-order valence-electron chi connectivity index (χ3n) is 3.77. The van der Waals surface area contributed by atoms with Crippen molar-refractivity contribution in [3.05, 3.63) is 71.0 Å². The third-order valence-corrected chi connectivity index (χ3v) is 4.10. The number of nitrogen functional groups attached to an aromatic ring is 1. The molecule has 0 aliphatic carbocycles. The van der Waals surface area contributed by atoms with E-state index in [4.69, 9.17) is 17.3 Å². The first-order chi connectivity index (χ1) is 13.8. The highest BCUT2D eigenvalue weighted by Crippen LogP contribution is 2.31. The maximum atomic E-state index is 12.6. The predicted octanol–water partition coefficient (Wildman–Crippen LogP) is 4.23. The highest BCUT2D eigenvalue weighted by molar-refractivity contribution is 6.33. The van der Waals surface area contributed by atoms with Gasteiger partial charge in [-0.1, -0.05) is 23.7 Å². The molecule has 7 nitrogen and oxygen atoms in total. The fourth-order valence-corrected chi connectivity index (χ4v) is 2.52. The van der Waals surface area contributed by atoms with Crippen LogP contribution in [0, 0.1) is 0 Å². The van der Waals surface area contributed by atoms with Crippen molar-refractivity contribution in [2.45, 2.75) is 6.18 Å². The van der Waals surface area contributed by atoms with Crippen LogP contribution in [0.4, 0.5) is 36.2 Å². The lowest BCUT2D eigenvalue weighted by Crippen LogP contribution is -2.30. The maximum absolute atomic E-state index is 12.6. The Hall–Kier alpha value is -3.53. The second kappa shape index (κ2) is 8.23. The Morgan fingerprint density at radius 2 is 1.66 bits per heavy atom. The van der Waals surface area contributed by atoms with Gasteiger partial charge in [-0.25, -0.2) is 9.97 Å². The molecule has 0 saturated heterocycles. The molecule has 0 atom stereocenters. The highest BCUT2D eigenvalue weighted by atomic mass is 35.5. The number of rotatable bonds is 5. The monoisotopic (exact) mass is 422 g/mol. The predicted molar refractivity (Wildman–Crippen MR) is 104 cm³/mol. The van der Waals surface area contributed by atoms with Crippen LogP contribution in [0.2, 0.25) is 5.02 Å². The number of hydrogen-bond donors (Lipinski definition) is 4. The van der Waals surface area contributed by atoms with Crippen molar-refractivity contribution in [2.75, 3.05) is 16.5 Å². The van der Waals surface area contributed by atoms with Gasteiger partial charge in [-0.15, -0.1) is 0 Å². The molecule has 0 saturated carbocycles. The summed E-state index contributed by atoms with van der Waals surface area (Å²) in [6.45, 7) is 0. The van der Waals surface area contributed by atoms with Gasteiger partial charge < -0.3 is 11.1 Å². The van der Waals surface area contributed by atoms with E-state index in [9.17, 15) is 18.0 Å². The van der Waals surface area contributed by atoms with Crippen LogP contribution < -0.4 is 21.9 Å². The molecule has 150 valence electrons. The van der Waals surface area contributed by atoms with Crippen molar-refractivity contribution in [2.24, 2.45) is 0 Å². The first-order valence-corrected chi connectivity index (χ1v) is 8.49. The van der Waals surface area contributed by atoms with Crippen LogP contribution in [0.3, 0.4) is 0 Å². The third kappa shape index (κ3) is 4.85. The Balaban J connectivity index is 1.71. The van der Waals surface area contributed by atoms with E-state index >= 15 is 0 Å². The fraction of sp³-hybridized carbons (Fsp3) is 0.0556. The minimum atomic E-state index is -4.43. The molecule has 0 fully saturated rings. The van der Waals surface area contributed by atoms with E-state index in [0.29, 0.717) is 5.69 Å². The molecule has 1 amide bonds. The smallest absolute Gasteiger partial charge is 0.393 e. The zero-order valence-electron chi connectivity index (χ0n) is 14.6. The van der Waals surface area contributed by atoms with Crippen LogP contribution in [0.25, 0.3) is 0 Å².